The van der Waals surface area contributed by atoms with Crippen LogP contribution in [-0.2, 0) is 4.74 Å². The minimum absolute atomic E-state index is 0.121. The van der Waals surface area contributed by atoms with Crippen molar-refractivity contribution < 1.29 is 19.1 Å². The van der Waals surface area contributed by atoms with E-state index in [4.69, 9.17) is 21.1 Å². The van der Waals surface area contributed by atoms with Gasteiger partial charge in [-0.2, -0.15) is 0 Å². The second-order valence-corrected chi connectivity index (χ2v) is 8.72. The van der Waals surface area contributed by atoms with Crippen molar-refractivity contribution in [1.82, 2.24) is 10.2 Å². The molecule has 0 saturated carbocycles. The summed E-state index contributed by atoms with van der Waals surface area (Å²) in [7, 11) is 5.12. The highest BCUT2D eigenvalue weighted by Crippen LogP contribution is 2.17. The van der Waals surface area contributed by atoms with Crippen molar-refractivity contribution in [3.63, 3.8) is 0 Å². The Morgan fingerprint density at radius 3 is 2.50 bits per heavy atom. The van der Waals surface area contributed by atoms with Gasteiger partial charge in [0.1, 0.15) is 5.75 Å². The molecule has 0 aliphatic heterocycles. The number of nitrogens with one attached hydrogen (secondary N) is 1. The summed E-state index contributed by atoms with van der Waals surface area (Å²) in [5.74, 6) is 0.714. The van der Waals surface area contributed by atoms with Gasteiger partial charge in [-0.05, 0) is 47.9 Å². The van der Waals surface area contributed by atoms with Crippen LogP contribution in [0.15, 0.2) is 36.4 Å². The van der Waals surface area contributed by atoms with Crippen LogP contribution in [0.5, 0.6) is 5.75 Å². The molecule has 0 radical (unpaired) electrons. The lowest BCUT2D eigenvalue weighted by Crippen LogP contribution is -2.34. The molecule has 0 aromatic heterocycles. The zero-order valence-electron chi connectivity index (χ0n) is 20.5. The van der Waals surface area contributed by atoms with E-state index in [1.165, 1.54) is 0 Å². The van der Waals surface area contributed by atoms with Crippen LogP contribution in [0.2, 0.25) is 5.02 Å². The van der Waals surface area contributed by atoms with Gasteiger partial charge in [0.15, 0.2) is 5.78 Å². The first-order valence-corrected chi connectivity index (χ1v) is 11.8. The van der Waals surface area contributed by atoms with Crippen LogP contribution >= 0.6 is 11.6 Å². The number of carbonyl (C=O) groups is 2. The fourth-order valence-electron chi connectivity index (χ4n) is 3.76. The fourth-order valence-corrected chi connectivity index (χ4v) is 3.89. The third-order valence-electron chi connectivity index (χ3n) is 5.75. The Hall–Kier alpha value is -2.83. The molecule has 1 atom stereocenters. The maximum absolute atomic E-state index is 12.6. The van der Waals surface area contributed by atoms with Gasteiger partial charge in [-0.3, -0.25) is 9.59 Å². The number of ether oxygens (including phenoxy) is 2. The van der Waals surface area contributed by atoms with Gasteiger partial charge in [-0.25, -0.2) is 0 Å². The first-order chi connectivity index (χ1) is 16.3. The maximum Gasteiger partial charge on any atom is 0.255 e. The van der Waals surface area contributed by atoms with Crippen molar-refractivity contribution in [2.75, 3.05) is 41.0 Å². The summed E-state index contributed by atoms with van der Waals surface area (Å²) in [5, 5.41) is 4.98. The van der Waals surface area contributed by atoms with Gasteiger partial charge in [-0.1, -0.05) is 37.6 Å². The van der Waals surface area contributed by atoms with Gasteiger partial charge in [0, 0.05) is 55.7 Å². The van der Waals surface area contributed by atoms with Crippen molar-refractivity contribution >= 4 is 36.1 Å². The van der Waals surface area contributed by atoms with E-state index in [1.54, 1.807) is 44.6 Å². The van der Waals surface area contributed by atoms with Crippen LogP contribution in [0.1, 0.15) is 46.9 Å². The molecule has 0 fully saturated rings. The van der Waals surface area contributed by atoms with E-state index < -0.39 is 0 Å². The summed E-state index contributed by atoms with van der Waals surface area (Å²) in [4.78, 5) is 27.2. The number of hydrogen-bond acceptors (Lipinski definition) is 5. The lowest BCUT2D eigenvalue weighted by atomic mass is 9.96. The molecular weight excluding hydrogens is 452 g/mol. The molecule has 2 aromatic carbocycles. The number of methoxy groups -OCH3 is 2. The SMILES string of the molecule is C=c1ccc(C(=O)NCCOC)c(OC)/c1=C/N(C)CC(CC)CCC(=O)c1ccc(Cl)cc1. The number of Topliss-reactive ketones (excluding diaryl/α,β-unsaturated/α-hetero) is 1. The van der Waals surface area contributed by atoms with Crippen molar-refractivity contribution in [1.29, 1.82) is 0 Å². The van der Waals surface area contributed by atoms with Crippen molar-refractivity contribution in [3.05, 3.63) is 63.0 Å². The van der Waals surface area contributed by atoms with Crippen molar-refractivity contribution in [3.8, 4) is 5.75 Å². The van der Waals surface area contributed by atoms with Gasteiger partial charge in [-0.15, -0.1) is 0 Å². The number of halogens is 1. The number of nitrogens with zero attached hydrogens (tertiary/aromatic N) is 1. The molecule has 0 spiro atoms. The topological polar surface area (TPSA) is 67.9 Å². The van der Waals surface area contributed by atoms with E-state index >= 15 is 0 Å². The average molecular weight is 487 g/mol. The van der Waals surface area contributed by atoms with E-state index in [9.17, 15) is 9.59 Å². The van der Waals surface area contributed by atoms with Crippen LogP contribution in [0.3, 0.4) is 0 Å². The molecule has 0 heterocycles. The molecule has 7 heteroatoms. The lowest BCUT2D eigenvalue weighted by molar-refractivity contribution is 0.0932. The molecule has 2 aromatic rings. The molecule has 1 unspecified atom stereocenters. The molecule has 6 nitrogen and oxygen atoms in total. The Morgan fingerprint density at radius 1 is 1.18 bits per heavy atom. The van der Waals surface area contributed by atoms with Crippen molar-refractivity contribution in [2.45, 2.75) is 26.2 Å². The van der Waals surface area contributed by atoms with Crippen LogP contribution in [0.4, 0.5) is 0 Å². The Balaban J connectivity index is 2.13. The third kappa shape index (κ3) is 7.89. The summed E-state index contributed by atoms with van der Waals surface area (Å²) < 4.78 is 10.6. The standard InChI is InChI=1S/C27H35ClN2O4/c1-6-20(8-14-25(31)21-9-11-22(28)12-10-21)17-30(3)18-24-19(2)7-13-23(26(24)34-5)27(32)29-15-16-33-4/h7,9-13,18,20H,2,6,8,14-17H2,1,3-5H3,(H,29,32)/b24-18+. The highest BCUT2D eigenvalue weighted by molar-refractivity contribution is 6.30. The van der Waals surface area contributed by atoms with Gasteiger partial charge in [0.25, 0.3) is 5.91 Å². The minimum Gasteiger partial charge on any atom is -0.495 e. The highest BCUT2D eigenvalue weighted by Gasteiger charge is 2.15. The summed E-state index contributed by atoms with van der Waals surface area (Å²) in [6.07, 6.45) is 4.17. The predicted molar refractivity (Wildman–Crippen MR) is 138 cm³/mol. The van der Waals surface area contributed by atoms with Gasteiger partial charge in [0.05, 0.1) is 19.3 Å². The number of ketones is 1. The lowest BCUT2D eigenvalue weighted by Gasteiger charge is -2.22. The molecule has 0 aliphatic rings. The average Bonchev–Trinajstić information content (AvgIpc) is 2.83. The van der Waals surface area contributed by atoms with E-state index in [1.807, 2.05) is 19.3 Å². The third-order valence-corrected chi connectivity index (χ3v) is 6.00. The normalized spacial score (nSPS) is 12.3. The smallest absolute Gasteiger partial charge is 0.255 e. The number of carbonyl (C=O) groups excluding carboxylic acids is 2. The highest BCUT2D eigenvalue weighted by atomic mass is 35.5. The maximum atomic E-state index is 12.6. The van der Waals surface area contributed by atoms with E-state index in [2.05, 4.69) is 23.7 Å². The van der Waals surface area contributed by atoms with Gasteiger partial charge >= 0.3 is 0 Å². The van der Waals surface area contributed by atoms with Crippen LogP contribution in [0.25, 0.3) is 12.8 Å². The number of benzene rings is 2. The zero-order chi connectivity index (χ0) is 25.1. The molecule has 0 bridgehead atoms. The van der Waals surface area contributed by atoms with E-state index in [0.717, 1.165) is 29.8 Å². The van der Waals surface area contributed by atoms with Crippen LogP contribution in [0, 0.1) is 5.92 Å². The zero-order valence-corrected chi connectivity index (χ0v) is 21.3. The number of rotatable bonds is 13. The van der Waals surface area contributed by atoms with Crippen LogP contribution < -0.4 is 20.5 Å². The Bertz CT molecular complexity index is 1070. The molecule has 1 amide bonds. The molecule has 1 N–H and O–H groups in total. The van der Waals surface area contributed by atoms with Crippen LogP contribution in [-0.4, -0.2) is 57.6 Å². The van der Waals surface area contributed by atoms with Gasteiger partial charge in [0.2, 0.25) is 0 Å². The second kappa shape index (κ2) is 13.8. The molecule has 184 valence electrons. The quantitative estimate of drug-likeness (QED) is 0.347. The second-order valence-electron chi connectivity index (χ2n) is 8.28. The van der Waals surface area contributed by atoms with E-state index in [0.29, 0.717) is 47.4 Å². The fraction of sp³-hybridized carbons (Fsp3) is 0.407. The predicted octanol–water partition coefficient (Wildman–Crippen LogP) is 3.49. The monoisotopic (exact) mass is 486 g/mol. The molecule has 0 saturated heterocycles. The Kier molecular flexibility index (Phi) is 11.1. The van der Waals surface area contributed by atoms with E-state index in [-0.39, 0.29) is 11.7 Å². The summed E-state index contributed by atoms with van der Waals surface area (Å²) in [6, 6.07) is 10.6. The first-order valence-electron chi connectivity index (χ1n) is 11.4. The minimum atomic E-state index is -0.224. The van der Waals surface area contributed by atoms with Gasteiger partial charge < -0.3 is 19.7 Å². The first kappa shape index (κ1) is 27.4. The molecule has 2 rings (SSSR count). The summed E-state index contributed by atoms with van der Waals surface area (Å²) in [6.45, 7) is 7.85. The summed E-state index contributed by atoms with van der Waals surface area (Å²) in [5.41, 5.74) is 1.14. The largest absolute Gasteiger partial charge is 0.495 e. The number of hydrogen-bond donors (Lipinski definition) is 1. The van der Waals surface area contributed by atoms with Crippen molar-refractivity contribution in [2.24, 2.45) is 5.92 Å². The molecule has 0 aliphatic carbocycles. The molecule has 34 heavy (non-hydrogen) atoms. The summed E-state index contributed by atoms with van der Waals surface area (Å²) >= 11 is 5.92. The number of amides is 1. The Labute approximate surface area is 207 Å². The molecular formula is C27H35ClN2O4. The Morgan fingerprint density at radius 2 is 1.88 bits per heavy atom.